The van der Waals surface area contributed by atoms with Gasteiger partial charge >= 0.3 is 5.97 Å². The van der Waals surface area contributed by atoms with E-state index in [0.717, 1.165) is 11.3 Å². The van der Waals surface area contributed by atoms with Crippen molar-refractivity contribution < 1.29 is 18.7 Å². The van der Waals surface area contributed by atoms with Crippen LogP contribution in [0.1, 0.15) is 29.1 Å². The van der Waals surface area contributed by atoms with Crippen LogP contribution in [0.2, 0.25) is 0 Å². The second kappa shape index (κ2) is 8.15. The van der Waals surface area contributed by atoms with Gasteiger partial charge in [0, 0.05) is 18.2 Å². The van der Waals surface area contributed by atoms with E-state index in [-0.39, 0.29) is 18.3 Å². The number of esters is 1. The first-order valence-corrected chi connectivity index (χ1v) is 7.70. The number of rotatable bonds is 6. The number of methoxy groups -OCH3 is 1. The highest BCUT2D eigenvalue weighted by Gasteiger charge is 2.05. The molecule has 1 aromatic carbocycles. The molecule has 1 amide bonds. The van der Waals surface area contributed by atoms with Gasteiger partial charge in [-0.1, -0.05) is 6.07 Å². The van der Waals surface area contributed by atoms with E-state index in [1.807, 2.05) is 32.0 Å². The summed E-state index contributed by atoms with van der Waals surface area (Å²) in [5.41, 5.74) is 3.06. The average molecular weight is 327 g/mol. The van der Waals surface area contributed by atoms with Gasteiger partial charge in [0.05, 0.1) is 13.5 Å². The van der Waals surface area contributed by atoms with Crippen LogP contribution >= 0.6 is 0 Å². The molecule has 0 radical (unpaired) electrons. The molecule has 0 aliphatic carbocycles. The number of anilines is 1. The summed E-state index contributed by atoms with van der Waals surface area (Å²) < 4.78 is 10.1. The number of hydrogen-bond donors (Lipinski definition) is 1. The maximum absolute atomic E-state index is 11.9. The normalized spacial score (nSPS) is 10.8. The number of ether oxygens (including phenoxy) is 1. The standard InChI is InChI=1S/C19H21NO4/c1-13-4-5-15(12-14(13)2)20-18(21)10-8-16-6-7-17(24-16)9-11-19(22)23-3/h4-8,10,12H,9,11H2,1-3H3,(H,20,21)/b10-8+. The van der Waals surface area contributed by atoms with Crippen molar-refractivity contribution in [3.8, 4) is 0 Å². The average Bonchev–Trinajstić information content (AvgIpc) is 3.02. The molecule has 0 unspecified atom stereocenters. The molecule has 2 rings (SSSR count). The molecule has 0 bridgehead atoms. The van der Waals surface area contributed by atoms with Crippen molar-refractivity contribution in [3.63, 3.8) is 0 Å². The van der Waals surface area contributed by atoms with Gasteiger partial charge in [-0.05, 0) is 55.3 Å². The summed E-state index contributed by atoms with van der Waals surface area (Å²) in [6.07, 6.45) is 3.74. The molecule has 0 spiro atoms. The Kier molecular flexibility index (Phi) is 5.95. The number of aryl methyl sites for hydroxylation is 3. The lowest BCUT2D eigenvalue weighted by Gasteiger charge is -2.05. The molecular weight excluding hydrogens is 306 g/mol. The van der Waals surface area contributed by atoms with Gasteiger partial charge in [-0.2, -0.15) is 0 Å². The molecular formula is C19H21NO4. The highest BCUT2D eigenvalue weighted by Crippen LogP contribution is 2.15. The van der Waals surface area contributed by atoms with Crippen molar-refractivity contribution in [2.24, 2.45) is 0 Å². The topological polar surface area (TPSA) is 68.5 Å². The molecule has 1 heterocycles. The second-order valence-electron chi connectivity index (χ2n) is 5.50. The second-order valence-corrected chi connectivity index (χ2v) is 5.50. The third kappa shape index (κ3) is 5.12. The van der Waals surface area contributed by atoms with Crippen molar-refractivity contribution in [1.82, 2.24) is 0 Å². The minimum absolute atomic E-state index is 0.231. The van der Waals surface area contributed by atoms with Gasteiger partial charge in [0.2, 0.25) is 5.91 Å². The van der Waals surface area contributed by atoms with Gasteiger partial charge in [0.1, 0.15) is 11.5 Å². The number of amides is 1. The molecule has 1 aromatic heterocycles. The molecule has 0 fully saturated rings. The summed E-state index contributed by atoms with van der Waals surface area (Å²) in [7, 11) is 1.35. The fourth-order valence-electron chi connectivity index (χ4n) is 2.11. The quantitative estimate of drug-likeness (QED) is 0.649. The number of furan rings is 1. The lowest BCUT2D eigenvalue weighted by molar-refractivity contribution is -0.140. The van der Waals surface area contributed by atoms with E-state index in [0.29, 0.717) is 17.9 Å². The zero-order valence-electron chi connectivity index (χ0n) is 14.1. The van der Waals surface area contributed by atoms with Crippen LogP contribution in [-0.2, 0) is 20.7 Å². The fourth-order valence-corrected chi connectivity index (χ4v) is 2.11. The Hall–Kier alpha value is -2.82. The molecule has 126 valence electrons. The Labute approximate surface area is 141 Å². The summed E-state index contributed by atoms with van der Waals surface area (Å²) in [6.45, 7) is 4.02. The number of benzene rings is 1. The monoisotopic (exact) mass is 327 g/mol. The maximum atomic E-state index is 11.9. The lowest BCUT2D eigenvalue weighted by atomic mass is 10.1. The Morgan fingerprint density at radius 3 is 2.67 bits per heavy atom. The van der Waals surface area contributed by atoms with E-state index < -0.39 is 0 Å². The summed E-state index contributed by atoms with van der Waals surface area (Å²) in [5.74, 6) is 0.724. The SMILES string of the molecule is COC(=O)CCc1ccc(/C=C/C(=O)Nc2ccc(C)c(C)c2)o1. The van der Waals surface area contributed by atoms with Gasteiger partial charge in [0.15, 0.2) is 0 Å². The molecule has 2 aromatic rings. The summed E-state index contributed by atoms with van der Waals surface area (Å²) in [4.78, 5) is 23.0. The molecule has 1 N–H and O–H groups in total. The summed E-state index contributed by atoms with van der Waals surface area (Å²) in [6, 6.07) is 9.30. The highest BCUT2D eigenvalue weighted by atomic mass is 16.5. The summed E-state index contributed by atoms with van der Waals surface area (Å²) >= 11 is 0. The van der Waals surface area contributed by atoms with Crippen LogP contribution in [0.15, 0.2) is 40.8 Å². The van der Waals surface area contributed by atoms with Crippen molar-refractivity contribution >= 4 is 23.6 Å². The first-order chi connectivity index (χ1) is 11.5. The van der Waals surface area contributed by atoms with Crippen molar-refractivity contribution in [1.29, 1.82) is 0 Å². The van der Waals surface area contributed by atoms with Crippen LogP contribution in [0.4, 0.5) is 5.69 Å². The zero-order valence-corrected chi connectivity index (χ0v) is 14.1. The van der Waals surface area contributed by atoms with E-state index >= 15 is 0 Å². The lowest BCUT2D eigenvalue weighted by Crippen LogP contribution is -2.07. The summed E-state index contributed by atoms with van der Waals surface area (Å²) in [5, 5.41) is 2.81. The van der Waals surface area contributed by atoms with E-state index in [1.165, 1.54) is 18.7 Å². The van der Waals surface area contributed by atoms with Crippen molar-refractivity contribution in [2.75, 3.05) is 12.4 Å². The minimum Gasteiger partial charge on any atom is -0.469 e. The largest absolute Gasteiger partial charge is 0.469 e. The predicted molar refractivity (Wildman–Crippen MR) is 92.6 cm³/mol. The highest BCUT2D eigenvalue weighted by molar-refractivity contribution is 6.01. The molecule has 24 heavy (non-hydrogen) atoms. The number of hydrogen-bond acceptors (Lipinski definition) is 4. The fraction of sp³-hybridized carbons (Fsp3) is 0.263. The van der Waals surface area contributed by atoms with E-state index in [9.17, 15) is 9.59 Å². The predicted octanol–water partition coefficient (Wildman–Crippen LogP) is 3.65. The van der Waals surface area contributed by atoms with Crippen LogP contribution in [0.25, 0.3) is 6.08 Å². The zero-order chi connectivity index (χ0) is 17.5. The smallest absolute Gasteiger partial charge is 0.305 e. The Morgan fingerprint density at radius 2 is 1.96 bits per heavy atom. The number of nitrogens with one attached hydrogen (secondary N) is 1. The van der Waals surface area contributed by atoms with Crippen molar-refractivity contribution in [2.45, 2.75) is 26.7 Å². The Bertz CT molecular complexity index is 758. The van der Waals surface area contributed by atoms with Gasteiger partial charge in [-0.3, -0.25) is 9.59 Å². The van der Waals surface area contributed by atoms with Crippen LogP contribution in [0.3, 0.4) is 0 Å². The molecule has 0 aliphatic rings. The van der Waals surface area contributed by atoms with E-state index in [1.54, 1.807) is 18.2 Å². The maximum Gasteiger partial charge on any atom is 0.305 e. The molecule has 5 nitrogen and oxygen atoms in total. The van der Waals surface area contributed by atoms with Crippen LogP contribution in [-0.4, -0.2) is 19.0 Å². The van der Waals surface area contributed by atoms with Gasteiger partial charge in [-0.25, -0.2) is 0 Å². The molecule has 0 aliphatic heterocycles. The molecule has 0 atom stereocenters. The van der Waals surface area contributed by atoms with Crippen molar-refractivity contribution in [3.05, 3.63) is 59.1 Å². The molecule has 5 heteroatoms. The van der Waals surface area contributed by atoms with E-state index in [2.05, 4.69) is 10.1 Å². The Balaban J connectivity index is 1.90. The van der Waals surface area contributed by atoms with Gasteiger partial charge in [0.25, 0.3) is 0 Å². The third-order valence-corrected chi connectivity index (χ3v) is 3.66. The first-order valence-electron chi connectivity index (χ1n) is 7.70. The Morgan fingerprint density at radius 1 is 1.17 bits per heavy atom. The van der Waals surface area contributed by atoms with Gasteiger partial charge < -0.3 is 14.5 Å². The number of carbonyl (C=O) groups is 2. The first kappa shape index (κ1) is 17.5. The molecule has 0 saturated heterocycles. The van der Waals surface area contributed by atoms with Crippen LogP contribution < -0.4 is 5.32 Å². The van der Waals surface area contributed by atoms with Crippen LogP contribution in [0, 0.1) is 13.8 Å². The number of carbonyl (C=O) groups excluding carboxylic acids is 2. The van der Waals surface area contributed by atoms with Gasteiger partial charge in [-0.15, -0.1) is 0 Å². The van der Waals surface area contributed by atoms with Crippen LogP contribution in [0.5, 0.6) is 0 Å². The third-order valence-electron chi connectivity index (χ3n) is 3.66. The molecule has 0 saturated carbocycles. The minimum atomic E-state index is -0.281. The van der Waals surface area contributed by atoms with E-state index in [4.69, 9.17) is 4.42 Å².